The van der Waals surface area contributed by atoms with E-state index in [4.69, 9.17) is 16.1 Å². The fourth-order valence-electron chi connectivity index (χ4n) is 1.35. The molecule has 0 amide bonds. The highest BCUT2D eigenvalue weighted by atomic mass is 79.9. The van der Waals surface area contributed by atoms with Gasteiger partial charge in [0.15, 0.2) is 0 Å². The molecule has 0 unspecified atom stereocenters. The first-order valence-corrected chi connectivity index (χ1v) is 6.54. The molecule has 1 aromatic heterocycles. The highest BCUT2D eigenvalue weighted by molar-refractivity contribution is 9.09. The zero-order valence-electron chi connectivity index (χ0n) is 8.79. The zero-order valence-corrected chi connectivity index (χ0v) is 11.1. The van der Waals surface area contributed by atoms with Gasteiger partial charge in [-0.05, 0) is 24.6 Å². The molecule has 0 saturated heterocycles. The summed E-state index contributed by atoms with van der Waals surface area (Å²) in [6, 6.07) is 4.08. The van der Waals surface area contributed by atoms with Crippen LogP contribution >= 0.6 is 27.5 Å². The Labute approximate surface area is 111 Å². The second kappa shape index (κ2) is 5.60. The van der Waals surface area contributed by atoms with Crippen LogP contribution in [-0.4, -0.2) is 15.5 Å². The summed E-state index contributed by atoms with van der Waals surface area (Å²) in [4.78, 5) is 4.20. The van der Waals surface area contributed by atoms with Crippen molar-refractivity contribution in [3.63, 3.8) is 0 Å². The number of aryl methyl sites for hydroxylation is 1. The van der Waals surface area contributed by atoms with Crippen molar-refractivity contribution in [3.8, 4) is 11.4 Å². The number of rotatable bonds is 4. The Morgan fingerprint density at radius 2 is 2.24 bits per heavy atom. The van der Waals surface area contributed by atoms with Crippen molar-refractivity contribution < 1.29 is 8.91 Å². The zero-order chi connectivity index (χ0) is 12.3. The minimum Gasteiger partial charge on any atom is -0.339 e. The molecule has 0 aliphatic heterocycles. The molecule has 0 saturated carbocycles. The van der Waals surface area contributed by atoms with Crippen LogP contribution in [0.3, 0.4) is 0 Å². The van der Waals surface area contributed by atoms with E-state index in [0.29, 0.717) is 23.7 Å². The van der Waals surface area contributed by atoms with Crippen molar-refractivity contribution in [3.05, 3.63) is 34.9 Å². The van der Waals surface area contributed by atoms with Crippen LogP contribution in [0.25, 0.3) is 11.4 Å². The van der Waals surface area contributed by atoms with Crippen molar-refractivity contribution >= 4 is 27.5 Å². The van der Waals surface area contributed by atoms with Gasteiger partial charge in [0, 0.05) is 17.3 Å². The number of benzene rings is 1. The quantitative estimate of drug-likeness (QED) is 0.803. The molecule has 0 N–H and O–H groups in total. The topological polar surface area (TPSA) is 38.9 Å². The van der Waals surface area contributed by atoms with Crippen LogP contribution in [0.5, 0.6) is 0 Å². The molecule has 90 valence electrons. The number of halogens is 3. The van der Waals surface area contributed by atoms with Gasteiger partial charge < -0.3 is 4.52 Å². The van der Waals surface area contributed by atoms with Crippen LogP contribution in [-0.2, 0) is 6.42 Å². The van der Waals surface area contributed by atoms with E-state index >= 15 is 0 Å². The Kier molecular flexibility index (Phi) is 4.12. The Balaban J connectivity index is 2.24. The summed E-state index contributed by atoms with van der Waals surface area (Å²) in [7, 11) is 0. The number of nitrogens with zero attached hydrogens (tertiary/aromatic N) is 2. The fraction of sp³-hybridized carbons (Fsp3) is 0.273. The van der Waals surface area contributed by atoms with Gasteiger partial charge in [-0.1, -0.05) is 32.7 Å². The van der Waals surface area contributed by atoms with Gasteiger partial charge in [0.25, 0.3) is 0 Å². The second-order valence-electron chi connectivity index (χ2n) is 3.43. The van der Waals surface area contributed by atoms with E-state index in [1.807, 2.05) is 0 Å². The lowest BCUT2D eigenvalue weighted by Crippen LogP contribution is -1.87. The lowest BCUT2D eigenvalue weighted by atomic mass is 10.2. The molecule has 3 nitrogen and oxygen atoms in total. The molecule has 0 aliphatic carbocycles. The normalized spacial score (nSPS) is 10.8. The van der Waals surface area contributed by atoms with E-state index in [-0.39, 0.29) is 10.8 Å². The van der Waals surface area contributed by atoms with Gasteiger partial charge in [0.1, 0.15) is 5.82 Å². The van der Waals surface area contributed by atoms with Crippen LogP contribution in [0, 0.1) is 5.82 Å². The molecular formula is C11H9BrClFN2O. The van der Waals surface area contributed by atoms with E-state index in [0.717, 1.165) is 11.8 Å². The third-order valence-electron chi connectivity index (χ3n) is 2.16. The minimum atomic E-state index is -0.387. The highest BCUT2D eigenvalue weighted by Gasteiger charge is 2.12. The summed E-state index contributed by atoms with van der Waals surface area (Å²) in [5.74, 6) is 0.557. The van der Waals surface area contributed by atoms with Crippen LogP contribution in [0.2, 0.25) is 5.02 Å². The van der Waals surface area contributed by atoms with Gasteiger partial charge in [-0.15, -0.1) is 0 Å². The molecule has 0 spiro atoms. The van der Waals surface area contributed by atoms with E-state index < -0.39 is 0 Å². The molecule has 0 radical (unpaired) electrons. The van der Waals surface area contributed by atoms with Crippen molar-refractivity contribution in [2.24, 2.45) is 0 Å². The van der Waals surface area contributed by atoms with Crippen LogP contribution in [0.4, 0.5) is 4.39 Å². The standard InChI is InChI=1S/C11H9BrClFN2O/c12-5-1-2-10-15-11(16-17-10)8-4-3-7(14)6-9(8)13/h3-4,6H,1-2,5H2. The maximum atomic E-state index is 12.9. The highest BCUT2D eigenvalue weighted by Crippen LogP contribution is 2.26. The smallest absolute Gasteiger partial charge is 0.226 e. The Hall–Kier alpha value is -0.940. The predicted molar refractivity (Wildman–Crippen MR) is 66.8 cm³/mol. The molecule has 2 rings (SSSR count). The van der Waals surface area contributed by atoms with Gasteiger partial charge in [0.05, 0.1) is 5.02 Å². The molecule has 0 aliphatic rings. The van der Waals surface area contributed by atoms with Gasteiger partial charge in [-0.2, -0.15) is 4.98 Å². The van der Waals surface area contributed by atoms with E-state index in [1.54, 1.807) is 0 Å². The molecule has 6 heteroatoms. The molecule has 0 fully saturated rings. The van der Waals surface area contributed by atoms with Gasteiger partial charge in [-0.25, -0.2) is 4.39 Å². The third kappa shape index (κ3) is 3.04. The number of alkyl halides is 1. The average Bonchev–Trinajstić information content (AvgIpc) is 2.75. The first-order valence-electron chi connectivity index (χ1n) is 5.04. The average molecular weight is 320 g/mol. The van der Waals surface area contributed by atoms with Crippen LogP contribution in [0.15, 0.2) is 22.7 Å². The van der Waals surface area contributed by atoms with Gasteiger partial charge in [0.2, 0.25) is 11.7 Å². The van der Waals surface area contributed by atoms with Crippen molar-refractivity contribution in [1.29, 1.82) is 0 Å². The largest absolute Gasteiger partial charge is 0.339 e. The lowest BCUT2D eigenvalue weighted by molar-refractivity contribution is 0.378. The molecule has 1 aromatic carbocycles. The summed E-state index contributed by atoms with van der Waals surface area (Å²) in [5, 5.41) is 4.97. The van der Waals surface area contributed by atoms with Gasteiger partial charge >= 0.3 is 0 Å². The summed E-state index contributed by atoms with van der Waals surface area (Å²) >= 11 is 9.23. The first-order chi connectivity index (χ1) is 8.20. The van der Waals surface area contributed by atoms with Crippen molar-refractivity contribution in [2.45, 2.75) is 12.8 Å². The Morgan fingerprint density at radius 3 is 2.94 bits per heavy atom. The maximum absolute atomic E-state index is 12.9. The molecule has 17 heavy (non-hydrogen) atoms. The maximum Gasteiger partial charge on any atom is 0.226 e. The number of aromatic nitrogens is 2. The molecular weight excluding hydrogens is 310 g/mol. The first kappa shape index (κ1) is 12.5. The summed E-state index contributed by atoms with van der Waals surface area (Å²) in [6.07, 6.45) is 1.62. The monoisotopic (exact) mass is 318 g/mol. The minimum absolute atomic E-state index is 0.276. The number of hydrogen-bond donors (Lipinski definition) is 0. The van der Waals surface area contributed by atoms with E-state index in [2.05, 4.69) is 26.1 Å². The van der Waals surface area contributed by atoms with Crippen molar-refractivity contribution in [2.75, 3.05) is 5.33 Å². The Bertz CT molecular complexity index is 518. The van der Waals surface area contributed by atoms with E-state index in [9.17, 15) is 4.39 Å². The summed E-state index contributed by atoms with van der Waals surface area (Å²) in [6.45, 7) is 0. The molecule has 2 aromatic rings. The SMILES string of the molecule is Fc1ccc(-c2noc(CCCBr)n2)c(Cl)c1. The second-order valence-corrected chi connectivity index (χ2v) is 4.63. The molecule has 0 bridgehead atoms. The van der Waals surface area contributed by atoms with Crippen LogP contribution in [0.1, 0.15) is 12.3 Å². The van der Waals surface area contributed by atoms with Crippen LogP contribution < -0.4 is 0 Å². The van der Waals surface area contributed by atoms with E-state index in [1.165, 1.54) is 18.2 Å². The van der Waals surface area contributed by atoms with Gasteiger partial charge in [-0.3, -0.25) is 0 Å². The number of hydrogen-bond acceptors (Lipinski definition) is 3. The fourth-order valence-corrected chi connectivity index (χ4v) is 1.89. The molecule has 0 atom stereocenters. The summed E-state index contributed by atoms with van der Waals surface area (Å²) < 4.78 is 18.0. The Morgan fingerprint density at radius 1 is 1.41 bits per heavy atom. The third-order valence-corrected chi connectivity index (χ3v) is 3.04. The molecule has 1 heterocycles. The van der Waals surface area contributed by atoms with Crippen molar-refractivity contribution in [1.82, 2.24) is 10.1 Å². The predicted octanol–water partition coefficient (Wildman–Crippen LogP) is 3.86. The summed E-state index contributed by atoms with van der Waals surface area (Å²) in [5.41, 5.74) is 0.571. The lowest BCUT2D eigenvalue weighted by Gasteiger charge is -1.97.